The van der Waals surface area contributed by atoms with Crippen molar-refractivity contribution in [2.24, 2.45) is 0 Å². The van der Waals surface area contributed by atoms with Crippen LogP contribution in [0.3, 0.4) is 0 Å². The van der Waals surface area contributed by atoms with Crippen molar-refractivity contribution in [3.05, 3.63) is 53.2 Å². The second kappa shape index (κ2) is 7.09. The Bertz CT molecular complexity index is 687. The van der Waals surface area contributed by atoms with Crippen LogP contribution in [-0.4, -0.2) is 35.6 Å². The zero-order valence-corrected chi connectivity index (χ0v) is 14.4. The average molecular weight is 344 g/mol. The minimum absolute atomic E-state index is 0.348. The van der Waals surface area contributed by atoms with Crippen molar-refractivity contribution in [1.82, 2.24) is 15.2 Å². The van der Waals surface area contributed by atoms with E-state index in [0.717, 1.165) is 19.1 Å². The number of hydrogen-bond acceptors (Lipinski definition) is 4. The third-order valence-corrected chi connectivity index (χ3v) is 4.91. The van der Waals surface area contributed by atoms with Crippen LogP contribution in [0.2, 0.25) is 5.02 Å². The number of rotatable bonds is 4. The van der Waals surface area contributed by atoms with Crippen molar-refractivity contribution >= 4 is 11.6 Å². The number of aromatic nitrogens is 1. The highest BCUT2D eigenvalue weighted by atomic mass is 35.5. The summed E-state index contributed by atoms with van der Waals surface area (Å²) in [6.07, 6.45) is 5.86. The molecule has 1 aliphatic heterocycles. The molecule has 24 heavy (non-hydrogen) atoms. The molecule has 1 aliphatic carbocycles. The molecule has 1 unspecified atom stereocenters. The second-order valence-electron chi connectivity index (χ2n) is 6.58. The van der Waals surface area contributed by atoms with Gasteiger partial charge in [-0.2, -0.15) is 0 Å². The second-order valence-corrected chi connectivity index (χ2v) is 7.01. The van der Waals surface area contributed by atoms with Gasteiger partial charge in [-0.25, -0.2) is 4.98 Å². The van der Waals surface area contributed by atoms with Gasteiger partial charge < -0.3 is 10.1 Å². The van der Waals surface area contributed by atoms with Crippen LogP contribution in [0.1, 0.15) is 30.9 Å². The third kappa shape index (κ3) is 3.89. The number of benzene rings is 1. The molecule has 2 heterocycles. The Balaban J connectivity index is 1.44. The SMILES string of the molecule is Clc1cccc(Oc2ccc(C3CN(C4CC4)CCCN3)cn2)c1. The summed E-state index contributed by atoms with van der Waals surface area (Å²) in [6.45, 7) is 3.34. The molecular formula is C19H22ClN3O. The summed E-state index contributed by atoms with van der Waals surface area (Å²) in [7, 11) is 0. The molecule has 2 fully saturated rings. The Morgan fingerprint density at radius 2 is 2.12 bits per heavy atom. The van der Waals surface area contributed by atoms with E-state index in [1.807, 2.05) is 30.5 Å². The fourth-order valence-corrected chi connectivity index (χ4v) is 3.43. The first-order valence-electron chi connectivity index (χ1n) is 8.65. The van der Waals surface area contributed by atoms with Gasteiger partial charge in [0.25, 0.3) is 0 Å². The third-order valence-electron chi connectivity index (χ3n) is 4.67. The molecule has 1 atom stereocenters. The van der Waals surface area contributed by atoms with Crippen LogP contribution in [0, 0.1) is 0 Å². The maximum atomic E-state index is 5.98. The molecule has 0 radical (unpaired) electrons. The smallest absolute Gasteiger partial charge is 0.219 e. The summed E-state index contributed by atoms with van der Waals surface area (Å²) in [5.74, 6) is 1.30. The van der Waals surface area contributed by atoms with E-state index in [-0.39, 0.29) is 0 Å². The minimum Gasteiger partial charge on any atom is -0.439 e. The van der Waals surface area contributed by atoms with E-state index >= 15 is 0 Å². The quantitative estimate of drug-likeness (QED) is 0.909. The molecule has 4 rings (SSSR count). The van der Waals surface area contributed by atoms with Gasteiger partial charge in [0.15, 0.2) is 0 Å². The molecule has 1 N–H and O–H groups in total. The lowest BCUT2D eigenvalue weighted by molar-refractivity contribution is 0.258. The molecule has 0 bridgehead atoms. The molecule has 4 nitrogen and oxygen atoms in total. The Hall–Kier alpha value is -1.62. The highest BCUT2D eigenvalue weighted by molar-refractivity contribution is 6.30. The average Bonchev–Trinajstić information content (AvgIpc) is 3.42. The van der Waals surface area contributed by atoms with Gasteiger partial charge in [0.1, 0.15) is 5.75 Å². The Morgan fingerprint density at radius 3 is 2.88 bits per heavy atom. The fourth-order valence-electron chi connectivity index (χ4n) is 3.25. The number of halogens is 1. The molecule has 0 amide bonds. The number of nitrogens with zero attached hydrogens (tertiary/aromatic N) is 2. The monoisotopic (exact) mass is 343 g/mol. The molecule has 126 valence electrons. The highest BCUT2D eigenvalue weighted by Crippen LogP contribution is 2.30. The van der Waals surface area contributed by atoms with Crippen LogP contribution in [-0.2, 0) is 0 Å². The van der Waals surface area contributed by atoms with Gasteiger partial charge in [0, 0.05) is 35.9 Å². The number of pyridine rings is 1. The predicted octanol–water partition coefficient (Wildman–Crippen LogP) is 4.03. The van der Waals surface area contributed by atoms with Crippen molar-refractivity contribution in [2.75, 3.05) is 19.6 Å². The summed E-state index contributed by atoms with van der Waals surface area (Å²) in [4.78, 5) is 7.10. The Kier molecular flexibility index (Phi) is 4.69. The first kappa shape index (κ1) is 15.9. The van der Waals surface area contributed by atoms with E-state index in [0.29, 0.717) is 22.7 Å². The summed E-state index contributed by atoms with van der Waals surface area (Å²) < 4.78 is 5.77. The standard InChI is InChI=1S/C19H22ClN3O/c20-15-3-1-4-17(11-15)24-19-8-5-14(12-22-19)18-13-23(16-6-7-16)10-2-9-21-18/h1,3-5,8,11-12,16,18,21H,2,6-7,9-10,13H2. The van der Waals surface area contributed by atoms with E-state index < -0.39 is 0 Å². The van der Waals surface area contributed by atoms with E-state index in [9.17, 15) is 0 Å². The van der Waals surface area contributed by atoms with E-state index in [1.54, 1.807) is 6.07 Å². The van der Waals surface area contributed by atoms with Gasteiger partial charge in [-0.15, -0.1) is 0 Å². The molecule has 1 saturated heterocycles. The zero-order chi connectivity index (χ0) is 16.4. The van der Waals surface area contributed by atoms with Gasteiger partial charge >= 0.3 is 0 Å². The van der Waals surface area contributed by atoms with Gasteiger partial charge in [0.2, 0.25) is 5.88 Å². The molecule has 1 aromatic carbocycles. The lowest BCUT2D eigenvalue weighted by atomic mass is 10.1. The number of hydrogen-bond donors (Lipinski definition) is 1. The molecule has 2 aromatic rings. The summed E-state index contributed by atoms with van der Waals surface area (Å²) in [5, 5.41) is 4.31. The summed E-state index contributed by atoms with van der Waals surface area (Å²) >= 11 is 5.98. The van der Waals surface area contributed by atoms with Gasteiger partial charge in [-0.3, -0.25) is 4.90 Å². The van der Waals surface area contributed by atoms with E-state index in [2.05, 4.69) is 21.3 Å². The van der Waals surface area contributed by atoms with Crippen molar-refractivity contribution in [2.45, 2.75) is 31.3 Å². The maximum Gasteiger partial charge on any atom is 0.219 e. The zero-order valence-electron chi connectivity index (χ0n) is 13.6. The number of nitrogens with one attached hydrogen (secondary N) is 1. The lowest BCUT2D eigenvalue weighted by Gasteiger charge is -2.24. The topological polar surface area (TPSA) is 37.4 Å². The molecule has 1 saturated carbocycles. The first-order chi connectivity index (χ1) is 11.8. The lowest BCUT2D eigenvalue weighted by Crippen LogP contribution is -2.32. The molecule has 1 aromatic heterocycles. The minimum atomic E-state index is 0.348. The van der Waals surface area contributed by atoms with Gasteiger partial charge in [-0.1, -0.05) is 23.7 Å². The molecule has 2 aliphatic rings. The number of ether oxygens (including phenoxy) is 1. The highest BCUT2D eigenvalue weighted by Gasteiger charge is 2.31. The molecule has 5 heteroatoms. The maximum absolute atomic E-state index is 5.98. The first-order valence-corrected chi connectivity index (χ1v) is 9.02. The van der Waals surface area contributed by atoms with E-state index in [1.165, 1.54) is 31.4 Å². The van der Waals surface area contributed by atoms with Crippen molar-refractivity contribution in [3.8, 4) is 11.6 Å². The summed E-state index contributed by atoms with van der Waals surface area (Å²) in [5.41, 5.74) is 1.22. The van der Waals surface area contributed by atoms with Crippen LogP contribution < -0.4 is 10.1 Å². The van der Waals surface area contributed by atoms with Crippen molar-refractivity contribution < 1.29 is 4.74 Å². The summed E-state index contributed by atoms with van der Waals surface area (Å²) in [6, 6.07) is 12.6. The van der Waals surface area contributed by atoms with Crippen LogP contribution in [0.15, 0.2) is 42.6 Å². The predicted molar refractivity (Wildman–Crippen MR) is 95.7 cm³/mol. The van der Waals surface area contributed by atoms with Crippen LogP contribution in [0.25, 0.3) is 0 Å². The van der Waals surface area contributed by atoms with Crippen LogP contribution in [0.4, 0.5) is 0 Å². The van der Waals surface area contributed by atoms with Crippen molar-refractivity contribution in [1.29, 1.82) is 0 Å². The molecular weight excluding hydrogens is 322 g/mol. The normalized spacial score (nSPS) is 22.1. The van der Waals surface area contributed by atoms with Crippen LogP contribution >= 0.6 is 11.6 Å². The van der Waals surface area contributed by atoms with E-state index in [4.69, 9.17) is 16.3 Å². The largest absolute Gasteiger partial charge is 0.439 e. The molecule has 0 spiro atoms. The van der Waals surface area contributed by atoms with Gasteiger partial charge in [0.05, 0.1) is 0 Å². The van der Waals surface area contributed by atoms with Crippen molar-refractivity contribution in [3.63, 3.8) is 0 Å². The Morgan fingerprint density at radius 1 is 1.21 bits per heavy atom. The van der Waals surface area contributed by atoms with Crippen LogP contribution in [0.5, 0.6) is 11.6 Å². The van der Waals surface area contributed by atoms with Gasteiger partial charge in [-0.05, 0) is 56.1 Å². The fraction of sp³-hybridized carbons (Fsp3) is 0.421. The Labute approximate surface area is 147 Å².